The first-order chi connectivity index (χ1) is 13.8. The fourth-order valence-corrected chi connectivity index (χ4v) is 3.54. The molecule has 6 nitrogen and oxygen atoms in total. The summed E-state index contributed by atoms with van der Waals surface area (Å²) in [4.78, 5) is 14.6. The molecular formula is C22H27N5O. The average Bonchev–Trinajstić information content (AvgIpc) is 2.74. The molecule has 0 atom stereocenters. The van der Waals surface area contributed by atoms with Gasteiger partial charge in [0, 0.05) is 50.9 Å². The molecule has 28 heavy (non-hydrogen) atoms. The Morgan fingerprint density at radius 1 is 0.893 bits per heavy atom. The Bertz CT molecular complexity index is 894. The molecule has 1 aromatic heterocycles. The maximum Gasteiger partial charge on any atom is 0.145 e. The van der Waals surface area contributed by atoms with Crippen LogP contribution in [0, 0.1) is 0 Å². The van der Waals surface area contributed by atoms with Crippen molar-refractivity contribution in [2.75, 3.05) is 51.8 Å². The minimum absolute atomic E-state index is 0.770. The summed E-state index contributed by atoms with van der Waals surface area (Å²) in [7, 11) is 1.76. The van der Waals surface area contributed by atoms with E-state index in [-0.39, 0.29) is 0 Å². The summed E-state index contributed by atoms with van der Waals surface area (Å²) >= 11 is 0. The van der Waals surface area contributed by atoms with Gasteiger partial charge in [0.15, 0.2) is 0 Å². The van der Waals surface area contributed by atoms with Crippen LogP contribution in [-0.4, -0.2) is 66.2 Å². The molecule has 1 N–H and O–H groups in total. The summed E-state index contributed by atoms with van der Waals surface area (Å²) in [5.41, 5.74) is 2.01. The summed E-state index contributed by atoms with van der Waals surface area (Å²) < 4.78 is 5.19. The highest BCUT2D eigenvalue weighted by Crippen LogP contribution is 2.24. The lowest BCUT2D eigenvalue weighted by atomic mass is 10.2. The van der Waals surface area contributed by atoms with Crippen LogP contribution in [0.15, 0.2) is 54.6 Å². The maximum absolute atomic E-state index is 5.19. The molecule has 2 heterocycles. The van der Waals surface area contributed by atoms with Gasteiger partial charge in [-0.3, -0.25) is 9.80 Å². The van der Waals surface area contributed by atoms with E-state index in [9.17, 15) is 0 Å². The maximum atomic E-state index is 5.19. The van der Waals surface area contributed by atoms with Gasteiger partial charge in [-0.05, 0) is 24.3 Å². The van der Waals surface area contributed by atoms with Gasteiger partial charge in [-0.1, -0.05) is 30.3 Å². The lowest BCUT2D eigenvalue weighted by Crippen LogP contribution is -2.46. The molecule has 1 saturated heterocycles. The van der Waals surface area contributed by atoms with E-state index >= 15 is 0 Å². The van der Waals surface area contributed by atoms with E-state index in [1.165, 1.54) is 0 Å². The van der Waals surface area contributed by atoms with Gasteiger partial charge >= 0.3 is 0 Å². The third kappa shape index (κ3) is 4.65. The second-order valence-electron chi connectivity index (χ2n) is 7.11. The van der Waals surface area contributed by atoms with Crippen molar-refractivity contribution in [1.29, 1.82) is 0 Å². The summed E-state index contributed by atoms with van der Waals surface area (Å²) in [6.07, 6.45) is 0. The topological polar surface area (TPSA) is 53.5 Å². The summed E-state index contributed by atoms with van der Waals surface area (Å²) in [6.45, 7) is 6.75. The van der Waals surface area contributed by atoms with E-state index in [1.807, 2.05) is 30.3 Å². The van der Waals surface area contributed by atoms with Gasteiger partial charge in [0.2, 0.25) is 0 Å². The van der Waals surface area contributed by atoms with Gasteiger partial charge < -0.3 is 10.1 Å². The molecule has 1 aliphatic heterocycles. The number of hydrogen-bond donors (Lipinski definition) is 1. The molecule has 146 valence electrons. The van der Waals surface area contributed by atoms with Gasteiger partial charge in [0.05, 0.1) is 18.7 Å². The first-order valence-electron chi connectivity index (χ1n) is 9.83. The number of benzene rings is 2. The molecule has 4 rings (SSSR count). The smallest absolute Gasteiger partial charge is 0.145 e. The Balaban J connectivity index is 1.50. The van der Waals surface area contributed by atoms with Crippen LogP contribution in [0.4, 0.5) is 11.5 Å². The zero-order chi connectivity index (χ0) is 19.2. The molecule has 1 aliphatic rings. The molecule has 0 aliphatic carbocycles. The Hall–Kier alpha value is -2.54. The van der Waals surface area contributed by atoms with Crippen molar-refractivity contribution in [3.05, 3.63) is 60.4 Å². The Morgan fingerprint density at radius 3 is 2.39 bits per heavy atom. The average molecular weight is 377 g/mol. The lowest BCUT2D eigenvalue weighted by molar-refractivity contribution is 0.0927. The number of piperazine rings is 1. The van der Waals surface area contributed by atoms with E-state index in [0.717, 1.165) is 74.1 Å². The number of nitrogens with one attached hydrogen (secondary N) is 1. The lowest BCUT2D eigenvalue weighted by Gasteiger charge is -2.34. The van der Waals surface area contributed by atoms with E-state index in [0.29, 0.717) is 0 Å². The highest BCUT2D eigenvalue weighted by atomic mass is 16.5. The number of anilines is 2. The molecule has 6 heteroatoms. The van der Waals surface area contributed by atoms with Crippen molar-refractivity contribution in [2.45, 2.75) is 6.54 Å². The molecule has 2 aromatic carbocycles. The van der Waals surface area contributed by atoms with Crippen LogP contribution in [0.3, 0.4) is 0 Å². The van der Waals surface area contributed by atoms with Crippen molar-refractivity contribution < 1.29 is 4.74 Å². The van der Waals surface area contributed by atoms with Gasteiger partial charge in [-0.15, -0.1) is 0 Å². The zero-order valence-electron chi connectivity index (χ0n) is 16.3. The van der Waals surface area contributed by atoms with Crippen LogP contribution in [0.25, 0.3) is 10.9 Å². The van der Waals surface area contributed by atoms with Crippen molar-refractivity contribution >= 4 is 22.4 Å². The number of aromatic nitrogens is 2. The Labute approximate surface area is 166 Å². The van der Waals surface area contributed by atoms with Crippen LogP contribution >= 0.6 is 0 Å². The number of methoxy groups -OCH3 is 1. The summed E-state index contributed by atoms with van der Waals surface area (Å²) in [5, 5.41) is 4.50. The quantitative estimate of drug-likeness (QED) is 0.683. The van der Waals surface area contributed by atoms with Gasteiger partial charge in [-0.25, -0.2) is 9.97 Å². The molecular weight excluding hydrogens is 350 g/mol. The minimum Gasteiger partial charge on any atom is -0.383 e. The normalized spacial score (nSPS) is 15.8. The standard InChI is InChI=1S/C22H27N5O/c1-28-16-15-26-11-13-27(14-12-26)17-21-24-20-10-6-5-9-19(20)22(25-21)23-18-7-3-2-4-8-18/h2-10H,11-17H2,1H3,(H,23,24,25). The van der Waals surface area contributed by atoms with E-state index in [1.54, 1.807) is 7.11 Å². The number of hydrogen-bond acceptors (Lipinski definition) is 6. The first-order valence-corrected chi connectivity index (χ1v) is 9.83. The monoisotopic (exact) mass is 377 g/mol. The molecule has 3 aromatic rings. The number of ether oxygens (including phenoxy) is 1. The number of rotatable bonds is 7. The summed E-state index contributed by atoms with van der Waals surface area (Å²) in [6, 6.07) is 18.3. The van der Waals surface area contributed by atoms with Crippen molar-refractivity contribution in [3.8, 4) is 0 Å². The van der Waals surface area contributed by atoms with Crippen LogP contribution in [0.1, 0.15) is 5.82 Å². The molecule has 0 bridgehead atoms. The van der Waals surface area contributed by atoms with Crippen LogP contribution in [0.2, 0.25) is 0 Å². The Morgan fingerprint density at radius 2 is 1.61 bits per heavy atom. The molecule has 0 saturated carbocycles. The SMILES string of the molecule is COCCN1CCN(Cc2nc(Nc3ccccc3)c3ccccc3n2)CC1. The second-order valence-corrected chi connectivity index (χ2v) is 7.11. The number of fused-ring (bicyclic) bond motifs is 1. The Kier molecular flexibility index (Phi) is 6.11. The predicted molar refractivity (Wildman–Crippen MR) is 113 cm³/mol. The highest BCUT2D eigenvalue weighted by molar-refractivity contribution is 5.90. The molecule has 0 unspecified atom stereocenters. The van der Waals surface area contributed by atoms with Crippen molar-refractivity contribution in [3.63, 3.8) is 0 Å². The fourth-order valence-electron chi connectivity index (χ4n) is 3.54. The van der Waals surface area contributed by atoms with Gasteiger partial charge in [0.25, 0.3) is 0 Å². The number of nitrogens with zero attached hydrogens (tertiary/aromatic N) is 4. The van der Waals surface area contributed by atoms with Crippen molar-refractivity contribution in [1.82, 2.24) is 19.8 Å². The fraction of sp³-hybridized carbons (Fsp3) is 0.364. The number of para-hydroxylation sites is 2. The second kappa shape index (κ2) is 9.10. The highest BCUT2D eigenvalue weighted by Gasteiger charge is 2.18. The molecule has 0 amide bonds. The summed E-state index contributed by atoms with van der Waals surface area (Å²) in [5.74, 6) is 1.73. The van der Waals surface area contributed by atoms with Gasteiger partial charge in [-0.2, -0.15) is 0 Å². The van der Waals surface area contributed by atoms with Crippen LogP contribution < -0.4 is 5.32 Å². The predicted octanol–water partition coefficient (Wildman–Crippen LogP) is 3.14. The third-order valence-electron chi connectivity index (χ3n) is 5.13. The van der Waals surface area contributed by atoms with E-state index in [4.69, 9.17) is 14.7 Å². The van der Waals surface area contributed by atoms with E-state index < -0.39 is 0 Å². The zero-order valence-corrected chi connectivity index (χ0v) is 16.3. The minimum atomic E-state index is 0.770. The molecule has 1 fully saturated rings. The largest absolute Gasteiger partial charge is 0.383 e. The van der Waals surface area contributed by atoms with Crippen LogP contribution in [-0.2, 0) is 11.3 Å². The van der Waals surface area contributed by atoms with Crippen molar-refractivity contribution in [2.24, 2.45) is 0 Å². The first kappa shape index (κ1) is 18.8. The van der Waals surface area contributed by atoms with Gasteiger partial charge in [0.1, 0.15) is 11.6 Å². The molecule has 0 spiro atoms. The molecule has 0 radical (unpaired) electrons. The van der Waals surface area contributed by atoms with E-state index in [2.05, 4.69) is 39.4 Å². The third-order valence-corrected chi connectivity index (χ3v) is 5.13. The van der Waals surface area contributed by atoms with Crippen LogP contribution in [0.5, 0.6) is 0 Å².